The Bertz CT molecular complexity index is 566. The summed E-state index contributed by atoms with van der Waals surface area (Å²) in [5.41, 5.74) is 5.24. The van der Waals surface area contributed by atoms with Gasteiger partial charge in [0.2, 0.25) is 0 Å². The van der Waals surface area contributed by atoms with E-state index >= 15 is 0 Å². The monoisotopic (exact) mass is 258 g/mol. The summed E-state index contributed by atoms with van der Waals surface area (Å²) < 4.78 is 0. The average Bonchev–Trinajstić information content (AvgIpc) is 2.85. The molecule has 0 saturated heterocycles. The van der Waals surface area contributed by atoms with Gasteiger partial charge < -0.3 is 5.32 Å². The number of aromatic nitrogens is 1. The molecule has 92 valence electrons. The SMILES string of the molecule is Clc1cnccc1CNc1ccc2c(c1)CCC2. The van der Waals surface area contributed by atoms with Gasteiger partial charge in [0, 0.05) is 24.6 Å². The molecular weight excluding hydrogens is 244 g/mol. The molecule has 2 nitrogen and oxygen atoms in total. The van der Waals surface area contributed by atoms with Gasteiger partial charge in [-0.2, -0.15) is 0 Å². The lowest BCUT2D eigenvalue weighted by molar-refractivity contribution is 0.912. The van der Waals surface area contributed by atoms with E-state index in [1.165, 1.54) is 36.1 Å². The zero-order chi connectivity index (χ0) is 12.4. The van der Waals surface area contributed by atoms with Crippen molar-refractivity contribution in [1.82, 2.24) is 4.98 Å². The second-order valence-corrected chi connectivity index (χ2v) is 5.06. The molecule has 3 heteroatoms. The molecule has 1 aromatic heterocycles. The zero-order valence-electron chi connectivity index (χ0n) is 10.1. The van der Waals surface area contributed by atoms with Gasteiger partial charge in [0.25, 0.3) is 0 Å². The standard InChI is InChI=1S/C15H15ClN2/c16-15-10-17-7-6-13(15)9-18-14-5-4-11-2-1-3-12(11)8-14/h4-8,10,18H,1-3,9H2. The fourth-order valence-electron chi connectivity index (χ4n) is 2.43. The number of fused-ring (bicyclic) bond motifs is 1. The number of anilines is 1. The molecule has 0 aliphatic heterocycles. The molecule has 0 amide bonds. The van der Waals surface area contributed by atoms with Gasteiger partial charge in [-0.05, 0) is 54.2 Å². The first-order valence-corrected chi connectivity index (χ1v) is 6.65. The van der Waals surface area contributed by atoms with Crippen molar-refractivity contribution in [3.05, 3.63) is 58.4 Å². The summed E-state index contributed by atoms with van der Waals surface area (Å²) in [7, 11) is 0. The predicted octanol–water partition coefficient (Wildman–Crippen LogP) is 3.84. The van der Waals surface area contributed by atoms with Crippen LogP contribution in [0.15, 0.2) is 36.7 Å². The van der Waals surface area contributed by atoms with Crippen LogP contribution < -0.4 is 5.32 Å². The van der Waals surface area contributed by atoms with Gasteiger partial charge in [-0.25, -0.2) is 0 Å². The fourth-order valence-corrected chi connectivity index (χ4v) is 2.61. The average molecular weight is 259 g/mol. The van der Waals surface area contributed by atoms with E-state index in [1.807, 2.05) is 6.07 Å². The maximum atomic E-state index is 6.08. The summed E-state index contributed by atoms with van der Waals surface area (Å²) in [6.07, 6.45) is 7.18. The van der Waals surface area contributed by atoms with E-state index in [2.05, 4.69) is 28.5 Å². The molecule has 18 heavy (non-hydrogen) atoms. The van der Waals surface area contributed by atoms with Crippen molar-refractivity contribution in [3.8, 4) is 0 Å². The number of aryl methyl sites for hydroxylation is 2. The molecule has 0 unspecified atom stereocenters. The first kappa shape index (κ1) is 11.5. The quantitative estimate of drug-likeness (QED) is 0.905. The smallest absolute Gasteiger partial charge is 0.0639 e. The number of nitrogens with one attached hydrogen (secondary N) is 1. The van der Waals surface area contributed by atoms with Crippen LogP contribution >= 0.6 is 11.6 Å². The Morgan fingerprint density at radius 1 is 1.17 bits per heavy atom. The third kappa shape index (κ3) is 2.34. The van der Waals surface area contributed by atoms with Gasteiger partial charge >= 0.3 is 0 Å². The summed E-state index contributed by atoms with van der Waals surface area (Å²) in [6.45, 7) is 0.736. The van der Waals surface area contributed by atoms with Crippen LogP contribution in [0.4, 0.5) is 5.69 Å². The molecule has 0 bridgehead atoms. The van der Waals surface area contributed by atoms with Crippen LogP contribution in [-0.4, -0.2) is 4.98 Å². The lowest BCUT2D eigenvalue weighted by Crippen LogP contribution is -2.00. The first-order valence-electron chi connectivity index (χ1n) is 6.27. The molecular formula is C15H15ClN2. The molecule has 2 aromatic rings. The molecule has 1 aliphatic rings. The molecule has 0 spiro atoms. The third-order valence-corrected chi connectivity index (χ3v) is 3.78. The highest BCUT2D eigenvalue weighted by molar-refractivity contribution is 6.31. The highest BCUT2D eigenvalue weighted by Crippen LogP contribution is 2.25. The Hall–Kier alpha value is -1.54. The normalized spacial score (nSPS) is 13.4. The Morgan fingerprint density at radius 3 is 2.94 bits per heavy atom. The van der Waals surface area contributed by atoms with Crippen molar-refractivity contribution in [3.63, 3.8) is 0 Å². The minimum absolute atomic E-state index is 0.714. The number of hydrogen-bond donors (Lipinski definition) is 1. The zero-order valence-corrected chi connectivity index (χ0v) is 10.9. The van der Waals surface area contributed by atoms with Gasteiger partial charge in [0.05, 0.1) is 5.02 Å². The number of pyridine rings is 1. The predicted molar refractivity (Wildman–Crippen MR) is 75.0 cm³/mol. The van der Waals surface area contributed by atoms with E-state index in [1.54, 1.807) is 12.4 Å². The van der Waals surface area contributed by atoms with Crippen LogP contribution in [0.25, 0.3) is 0 Å². The summed E-state index contributed by atoms with van der Waals surface area (Å²) in [5.74, 6) is 0. The summed E-state index contributed by atoms with van der Waals surface area (Å²) in [5, 5.41) is 4.13. The van der Waals surface area contributed by atoms with Crippen molar-refractivity contribution in [2.45, 2.75) is 25.8 Å². The van der Waals surface area contributed by atoms with Crippen molar-refractivity contribution >= 4 is 17.3 Å². The first-order chi connectivity index (χ1) is 8.83. The largest absolute Gasteiger partial charge is 0.381 e. The van der Waals surface area contributed by atoms with E-state index < -0.39 is 0 Å². The lowest BCUT2D eigenvalue weighted by Gasteiger charge is -2.09. The number of hydrogen-bond acceptors (Lipinski definition) is 2. The molecule has 1 aliphatic carbocycles. The summed E-state index contributed by atoms with van der Waals surface area (Å²) >= 11 is 6.08. The molecule has 0 fully saturated rings. The second kappa shape index (κ2) is 4.99. The number of halogens is 1. The Kier molecular flexibility index (Phi) is 3.20. The van der Waals surface area contributed by atoms with Gasteiger partial charge in [-0.3, -0.25) is 4.98 Å². The van der Waals surface area contributed by atoms with E-state index in [0.717, 1.165) is 12.1 Å². The summed E-state index contributed by atoms with van der Waals surface area (Å²) in [4.78, 5) is 3.99. The van der Waals surface area contributed by atoms with Crippen LogP contribution in [0, 0.1) is 0 Å². The van der Waals surface area contributed by atoms with E-state index in [9.17, 15) is 0 Å². The van der Waals surface area contributed by atoms with Crippen LogP contribution in [0.2, 0.25) is 5.02 Å². The van der Waals surface area contributed by atoms with E-state index in [4.69, 9.17) is 11.6 Å². The molecule has 3 rings (SSSR count). The molecule has 1 heterocycles. The van der Waals surface area contributed by atoms with Crippen molar-refractivity contribution < 1.29 is 0 Å². The maximum Gasteiger partial charge on any atom is 0.0639 e. The maximum absolute atomic E-state index is 6.08. The second-order valence-electron chi connectivity index (χ2n) is 4.66. The Labute approximate surface area is 112 Å². The lowest BCUT2D eigenvalue weighted by atomic mass is 10.1. The van der Waals surface area contributed by atoms with E-state index in [-0.39, 0.29) is 0 Å². The van der Waals surface area contributed by atoms with Crippen LogP contribution in [0.5, 0.6) is 0 Å². The fraction of sp³-hybridized carbons (Fsp3) is 0.267. The van der Waals surface area contributed by atoms with Gasteiger partial charge in [0.15, 0.2) is 0 Å². The van der Waals surface area contributed by atoms with Gasteiger partial charge in [0.1, 0.15) is 0 Å². The van der Waals surface area contributed by atoms with Crippen LogP contribution in [-0.2, 0) is 19.4 Å². The molecule has 0 atom stereocenters. The number of nitrogens with zero attached hydrogens (tertiary/aromatic N) is 1. The molecule has 1 aromatic carbocycles. The van der Waals surface area contributed by atoms with Crippen molar-refractivity contribution in [2.24, 2.45) is 0 Å². The Morgan fingerprint density at radius 2 is 2.06 bits per heavy atom. The third-order valence-electron chi connectivity index (χ3n) is 3.44. The highest BCUT2D eigenvalue weighted by atomic mass is 35.5. The minimum atomic E-state index is 0.714. The number of benzene rings is 1. The molecule has 0 radical (unpaired) electrons. The Balaban J connectivity index is 1.72. The van der Waals surface area contributed by atoms with Gasteiger partial charge in [-0.1, -0.05) is 17.7 Å². The molecule has 0 saturated carbocycles. The minimum Gasteiger partial charge on any atom is -0.381 e. The highest BCUT2D eigenvalue weighted by Gasteiger charge is 2.10. The van der Waals surface area contributed by atoms with Crippen molar-refractivity contribution in [2.75, 3.05) is 5.32 Å². The van der Waals surface area contributed by atoms with Crippen molar-refractivity contribution in [1.29, 1.82) is 0 Å². The van der Waals surface area contributed by atoms with Gasteiger partial charge in [-0.15, -0.1) is 0 Å². The van der Waals surface area contributed by atoms with E-state index in [0.29, 0.717) is 5.02 Å². The van der Waals surface area contributed by atoms with Crippen LogP contribution in [0.1, 0.15) is 23.1 Å². The summed E-state index contributed by atoms with van der Waals surface area (Å²) in [6, 6.07) is 8.60. The number of rotatable bonds is 3. The van der Waals surface area contributed by atoms with Crippen LogP contribution in [0.3, 0.4) is 0 Å². The molecule has 1 N–H and O–H groups in total. The topological polar surface area (TPSA) is 24.9 Å².